The predicted molar refractivity (Wildman–Crippen MR) is 553 cm³/mol. The van der Waals surface area contributed by atoms with Gasteiger partial charge in [0.05, 0.1) is 113 Å². The molecule has 53 nitrogen and oxygen atoms in total. The first kappa shape index (κ1) is 135. The molecule has 22 N–H and O–H groups in total. The van der Waals surface area contributed by atoms with E-state index in [0.717, 1.165) is 32.4 Å². The molecule has 0 fully saturated rings. The number of aliphatic hydroxyl groups is 1. The first-order valence-corrected chi connectivity index (χ1v) is 62.3. The molecular weight excluding hydrogens is 2090 g/mol. The number of carboxylic acid groups (broad SMARTS) is 1. The Labute approximate surface area is 868 Å². The van der Waals surface area contributed by atoms with E-state index in [2.05, 4.69) is 53.2 Å². The molecule has 2 heterocycles. The van der Waals surface area contributed by atoms with Crippen molar-refractivity contribution in [3.8, 4) is 0 Å². The Morgan fingerprint density at radius 3 is 1.26 bits per heavy atom. The molecule has 0 aliphatic carbocycles. The van der Waals surface area contributed by atoms with Crippen molar-refractivity contribution in [3.05, 3.63) is 35.4 Å². The van der Waals surface area contributed by atoms with Crippen molar-refractivity contribution < 1.29 is 135 Å². The zero-order valence-corrected chi connectivity index (χ0v) is 93.2. The van der Waals surface area contributed by atoms with Crippen LogP contribution >= 0.6 is 0 Å². The number of fused-ring (bicyclic) bond motifs is 26. The Bertz CT molecular complexity index is 5390. The molecule has 1 aromatic carbocycles. The monoisotopic (exact) mass is 2250 g/mol. The minimum absolute atomic E-state index is 0.0239. The van der Waals surface area contributed by atoms with Gasteiger partial charge in [-0.3, -0.25) is 57.5 Å². The van der Waals surface area contributed by atoms with E-state index in [1.54, 1.807) is 41.5 Å². The number of primary amides is 1. The number of hydrogen-bond acceptors (Lipinski definition) is 33. The van der Waals surface area contributed by atoms with Crippen LogP contribution in [-0.2, 0) is 128 Å². The SMILES string of the molecule is CC(=O)N[C@H](CO)CN(CC(=O)N[C@H](C)CN(CC(=O)N[C@H](CCCCN)CN(CC(=O)N[C@H](CC(C)C)CN(CC(=O)N[C@H](CCCCN)CN(CC(=O)N[C@@H]1CCCCNC(=O)c2ccc(cc2)C(=O)NCCCC[C@H](CN(CC(N)=O)S(C)(=O)=O)NC(=O)CN(S(=O)(=O)CC(C)C)C[C@@H](CCC(=O)O)NC(=O)CN(S(C)(=O)=O)C1)S(C)(=O)=O)S(=O)(=O)CCN)S(=O)(=O)CCN)S(=O)(=O)CC(C)C)S(=O)(=O)CC(C)C. The Kier molecular flexibility index (Phi) is 60.0. The molecule has 2 aliphatic rings. The van der Waals surface area contributed by atoms with Crippen LogP contribution in [0.25, 0.3) is 0 Å². The third-order valence-corrected chi connectivity index (χ3v) is 36.2. The average molecular weight is 2260 g/mol. The molecule has 0 aromatic heterocycles. The summed E-state index contributed by atoms with van der Waals surface area (Å²) in [4.78, 5) is 164. The van der Waals surface area contributed by atoms with E-state index in [1.807, 2.05) is 0 Å². The minimum Gasteiger partial charge on any atom is -0.481 e. The highest BCUT2D eigenvalue weighted by molar-refractivity contribution is 7.90. The van der Waals surface area contributed by atoms with Gasteiger partial charge in [0.2, 0.25) is 133 Å². The molecule has 1 aromatic rings. The molecule has 2 bridgehead atoms. The molecule has 0 saturated heterocycles. The van der Waals surface area contributed by atoms with E-state index >= 15 is 0 Å². The van der Waals surface area contributed by atoms with Crippen LogP contribution in [0.2, 0.25) is 0 Å². The zero-order valence-electron chi connectivity index (χ0n) is 86.7. The first-order chi connectivity index (χ1) is 68.1. The highest BCUT2D eigenvalue weighted by Crippen LogP contribution is 2.21. The standard InChI is InChI=1S/C86H163N23O30S8/c1-61(2)40-74(101-83(119)55-106(143(130,131)38-34-89)45-72(23-15-19-33-88)99-80(116)53-105(145(134,135)58-62(3)4)41-65(9)94-77(113)52-109(147(138,139)60-64(7)8)48-75(57-110)95-66(10)111)47-107(144(132,133)39-35-90)54-81(117)97-69(22-14-18-32-87)43-103(141(12,126)127)50-78(114)96-71-25-17-21-37-93-86(123)68-28-26-67(27-29-68)85(122)92-36-20-16-24-70(42-102(49-76(91)112)140(11,124)125)98-82(118)56-108(146(136,137)59-63(5)6)46-73(30-31-84(120)121)100-79(115)51-104(44-71)142(13,128)129/h26-29,61-65,69-75,110H,14-25,30-60,87-90H2,1-13H3,(H2,91,112)(H,92,122)(H,93,123)(H,94,113)(H,95,111)(H,96,114)(H,97,117)(H,98,118)(H,99,116)(H,100,115)(H,101,119)(H,120,121)/t65-,69-,70-,71-,72-,73-,74-,75+/m1/s1. The highest BCUT2D eigenvalue weighted by atomic mass is 32.2. The molecule has 0 radical (unpaired) electrons. The number of aliphatic carboxylic acids is 1. The minimum atomic E-state index is -4.62. The molecule has 11 amide bonds. The van der Waals surface area contributed by atoms with Crippen molar-refractivity contribution in [3.63, 3.8) is 0 Å². The Morgan fingerprint density at radius 2 is 0.850 bits per heavy atom. The zero-order chi connectivity index (χ0) is 112. The second-order valence-corrected chi connectivity index (χ2v) is 54.8. The third-order valence-electron chi connectivity index (χ3n) is 22.4. The number of sulfonamides is 8. The number of hydrogen-bond donors (Lipinski definition) is 17. The van der Waals surface area contributed by atoms with Crippen molar-refractivity contribution in [2.75, 3.05) is 198 Å². The van der Waals surface area contributed by atoms with Gasteiger partial charge in [0.25, 0.3) is 11.8 Å². The van der Waals surface area contributed by atoms with E-state index in [0.29, 0.717) is 34.2 Å². The Hall–Kier alpha value is -8.06. The Morgan fingerprint density at radius 1 is 0.449 bits per heavy atom. The van der Waals surface area contributed by atoms with Crippen molar-refractivity contribution in [1.82, 2.24) is 87.6 Å². The summed E-state index contributed by atoms with van der Waals surface area (Å²) in [5, 5.41) is 46.2. The Balaban J connectivity index is 2.77. The lowest BCUT2D eigenvalue weighted by Gasteiger charge is -2.31. The third kappa shape index (κ3) is 55.7. The number of amides is 11. The molecule has 147 heavy (non-hydrogen) atoms. The quantitative estimate of drug-likeness (QED) is 0.0213. The van der Waals surface area contributed by atoms with Gasteiger partial charge >= 0.3 is 5.97 Å². The summed E-state index contributed by atoms with van der Waals surface area (Å²) >= 11 is 0. The maximum absolute atomic E-state index is 14.7. The lowest BCUT2D eigenvalue weighted by Crippen LogP contribution is -2.55. The molecule has 3 rings (SSSR count). The van der Waals surface area contributed by atoms with Gasteiger partial charge in [-0.1, -0.05) is 68.2 Å². The van der Waals surface area contributed by atoms with Gasteiger partial charge in [-0.2, -0.15) is 34.4 Å². The highest BCUT2D eigenvalue weighted by Gasteiger charge is 2.39. The number of nitrogens with one attached hydrogen (secondary N) is 10. The lowest BCUT2D eigenvalue weighted by molar-refractivity contribution is -0.137. The van der Waals surface area contributed by atoms with Crippen LogP contribution in [0.15, 0.2) is 24.3 Å². The molecule has 0 spiro atoms. The van der Waals surface area contributed by atoms with Gasteiger partial charge in [0, 0.05) is 145 Å². The number of rotatable bonds is 62. The lowest BCUT2D eigenvalue weighted by atomic mass is 10.0. The maximum Gasteiger partial charge on any atom is 0.303 e. The topological polar surface area (TPSA) is 795 Å². The smallest absolute Gasteiger partial charge is 0.303 e. The van der Waals surface area contributed by atoms with Gasteiger partial charge in [0.1, 0.15) is 0 Å². The number of carbonyl (C=O) groups excluding carboxylic acids is 11. The van der Waals surface area contributed by atoms with E-state index in [4.69, 9.17) is 28.7 Å². The van der Waals surface area contributed by atoms with Crippen molar-refractivity contribution in [2.45, 2.75) is 214 Å². The number of nitrogens with two attached hydrogens (primary N) is 5. The number of carbonyl (C=O) groups is 12. The summed E-state index contributed by atoms with van der Waals surface area (Å²) < 4.78 is 229. The first-order valence-electron chi connectivity index (χ1n) is 48.7. The van der Waals surface area contributed by atoms with Crippen molar-refractivity contribution in [2.24, 2.45) is 52.3 Å². The van der Waals surface area contributed by atoms with Gasteiger partial charge in [-0.25, -0.2) is 67.3 Å². The normalized spacial score (nSPS) is 17.7. The number of benzene rings is 1. The van der Waals surface area contributed by atoms with E-state index in [-0.39, 0.29) is 120 Å². The number of unbranched alkanes of at least 4 members (excludes halogenated alkanes) is 2. The average Bonchev–Trinajstić information content (AvgIpc) is 0.854. The van der Waals surface area contributed by atoms with Gasteiger partial charge < -0.3 is 92.0 Å². The predicted octanol–water partition coefficient (Wildman–Crippen LogP) is -7.11. The molecular formula is C86H163N23O30S8. The molecule has 850 valence electrons. The summed E-state index contributed by atoms with van der Waals surface area (Å²) in [6, 6.07) is -4.57. The van der Waals surface area contributed by atoms with Crippen LogP contribution in [0, 0.1) is 23.7 Å². The van der Waals surface area contributed by atoms with Gasteiger partial charge in [-0.05, 0) is 145 Å². The van der Waals surface area contributed by atoms with Gasteiger partial charge in [0.15, 0.2) is 0 Å². The van der Waals surface area contributed by atoms with Crippen LogP contribution in [-0.4, -0.2) is 429 Å². The molecule has 61 heteroatoms. The second kappa shape index (κ2) is 65.4. The number of aliphatic hydroxyl groups excluding tert-OH is 1. The fraction of sp³-hybridized carbons (Fsp3) is 0.791. The van der Waals surface area contributed by atoms with Crippen LogP contribution in [0.4, 0.5) is 0 Å². The fourth-order valence-electron chi connectivity index (χ4n) is 15.8. The van der Waals surface area contributed by atoms with Crippen LogP contribution in [0.5, 0.6) is 0 Å². The van der Waals surface area contributed by atoms with E-state index in [1.165, 1.54) is 45.0 Å². The van der Waals surface area contributed by atoms with E-state index in [9.17, 15) is 135 Å². The summed E-state index contributed by atoms with van der Waals surface area (Å²) in [6.45, 7) is 0.685. The van der Waals surface area contributed by atoms with Crippen LogP contribution in [0.1, 0.15) is 186 Å². The van der Waals surface area contributed by atoms with Crippen molar-refractivity contribution in [1.29, 1.82) is 0 Å². The number of carboxylic acids is 1. The fourth-order valence-corrected chi connectivity index (χ4v) is 26.1. The molecule has 2 aliphatic heterocycles. The summed E-state index contributed by atoms with van der Waals surface area (Å²) in [5.41, 5.74) is 29.1. The second-order valence-electron chi connectivity index (χ2n) is 38.7. The molecule has 0 unspecified atom stereocenters. The summed E-state index contributed by atoms with van der Waals surface area (Å²) in [6.07, 6.45) is 2.08. The summed E-state index contributed by atoms with van der Waals surface area (Å²) in [7, 11) is -35.8. The maximum atomic E-state index is 14.7. The van der Waals surface area contributed by atoms with E-state index < -0.39 is 383 Å². The molecule has 8 atom stereocenters. The van der Waals surface area contributed by atoms with Crippen LogP contribution < -0.4 is 81.8 Å². The van der Waals surface area contributed by atoms with Crippen molar-refractivity contribution >= 4 is 151 Å². The largest absolute Gasteiger partial charge is 0.481 e. The summed E-state index contributed by atoms with van der Waals surface area (Å²) in [5.74, 6) is -16.7. The van der Waals surface area contributed by atoms with Crippen LogP contribution in [0.3, 0.4) is 0 Å². The number of nitrogens with zero attached hydrogens (tertiary/aromatic N) is 8. The van der Waals surface area contributed by atoms with Gasteiger partial charge in [-0.15, -0.1) is 0 Å². The molecule has 0 saturated carbocycles.